The molecule has 42 heteroatoms. The van der Waals surface area contributed by atoms with Gasteiger partial charge in [-0.25, -0.2) is 19.9 Å². The van der Waals surface area contributed by atoms with E-state index in [0.717, 1.165) is 40.8 Å². The summed E-state index contributed by atoms with van der Waals surface area (Å²) in [6.45, 7) is 5.23. The van der Waals surface area contributed by atoms with E-state index in [-0.39, 0.29) is 41.7 Å². The number of fused-ring (bicyclic) bond motifs is 4. The highest BCUT2D eigenvalue weighted by Crippen LogP contribution is 2.48. The molecular weight excluding hydrogens is 1650 g/mol. The van der Waals surface area contributed by atoms with Gasteiger partial charge in [-0.05, 0) is 76.3 Å². The number of carbonyl (C=O) groups is 1. The molecule has 0 atom stereocenters. The SMILES string of the molecule is COc1nc(N)nc(-c2c(Cl)cc(Cl)c3c2CCO3)n1.CSc1nc(N)nc(-c2c(Cl)cc(Cl)c3c2CCO3)n1.CSc1nc(N)nc(-c2cc(OCCN(C)C)c(Cl)cc2Cl)n1.Cc1nc(N)nc(-c2c(Cl)cc(Cl)c3c2CCO3)n1.NC(=O)CCCSc1nc(N)nc(-c2c(Cl)cc(Cl)c3c2CCO3)n1. The topological polar surface area (TPSA) is 425 Å². The lowest BCUT2D eigenvalue weighted by Gasteiger charge is -2.14. The van der Waals surface area contributed by atoms with E-state index < -0.39 is 0 Å². The van der Waals surface area contributed by atoms with E-state index >= 15 is 0 Å². The molecule has 5 aromatic heterocycles. The van der Waals surface area contributed by atoms with Crippen LogP contribution < -0.4 is 62.8 Å². The number of thioether (sulfide) groups is 3. The van der Waals surface area contributed by atoms with Crippen LogP contribution in [-0.4, -0.2) is 165 Å². The van der Waals surface area contributed by atoms with Crippen LogP contribution in [0, 0.1) is 6.92 Å². The van der Waals surface area contributed by atoms with Crippen LogP contribution in [0.1, 0.15) is 40.9 Å². The Kier molecular flexibility index (Phi) is 28.4. The van der Waals surface area contributed by atoms with Gasteiger partial charge in [-0.2, -0.15) is 54.8 Å². The minimum absolute atomic E-state index is 0.0607. The minimum atomic E-state index is -0.333. The average molecular weight is 1710 g/mol. The molecule has 4 aliphatic rings. The maximum Gasteiger partial charge on any atom is 0.321 e. The normalized spacial score (nSPS) is 12.6. The van der Waals surface area contributed by atoms with Crippen LogP contribution in [0.3, 0.4) is 0 Å². The van der Waals surface area contributed by atoms with Gasteiger partial charge in [0, 0.05) is 94.5 Å². The van der Waals surface area contributed by atoms with Gasteiger partial charge in [0.25, 0.3) is 0 Å². The predicted octanol–water partition coefficient (Wildman–Crippen LogP) is 13.9. The Balaban J connectivity index is 0.000000143. The maximum absolute atomic E-state index is 10.8. The Bertz CT molecular complexity index is 4880. The van der Waals surface area contributed by atoms with Crippen molar-refractivity contribution in [1.82, 2.24) is 79.7 Å². The van der Waals surface area contributed by atoms with Gasteiger partial charge in [-0.15, -0.1) is 0 Å². The summed E-state index contributed by atoms with van der Waals surface area (Å²) >= 11 is 66.4. The van der Waals surface area contributed by atoms with E-state index in [1.807, 2.05) is 31.5 Å². The van der Waals surface area contributed by atoms with Crippen molar-refractivity contribution in [2.24, 2.45) is 5.73 Å². The molecule has 0 saturated heterocycles. The molecule has 107 heavy (non-hydrogen) atoms. The number of anilines is 5. The van der Waals surface area contributed by atoms with Crippen molar-refractivity contribution in [3.63, 3.8) is 0 Å². The van der Waals surface area contributed by atoms with Gasteiger partial charge >= 0.3 is 6.01 Å². The number of amides is 1. The number of benzene rings is 5. The number of ether oxygens (including phenoxy) is 6. The van der Waals surface area contributed by atoms with Gasteiger partial charge in [-0.3, -0.25) is 4.79 Å². The Labute approximate surface area is 675 Å². The molecule has 0 spiro atoms. The number of hydrogen-bond donors (Lipinski definition) is 6. The first-order valence-electron chi connectivity index (χ1n) is 31.5. The van der Waals surface area contributed by atoms with E-state index in [4.69, 9.17) is 179 Å². The fourth-order valence-corrected chi connectivity index (χ4v) is 15.2. The molecule has 9 heterocycles. The number of methoxy groups -OCH3 is 1. The first-order chi connectivity index (χ1) is 51.1. The number of nitrogen functional groups attached to an aromatic ring is 5. The third kappa shape index (κ3) is 20.4. The Morgan fingerprint density at radius 1 is 0.458 bits per heavy atom. The van der Waals surface area contributed by atoms with Crippen molar-refractivity contribution in [1.29, 1.82) is 0 Å². The van der Waals surface area contributed by atoms with Crippen LogP contribution in [0.5, 0.6) is 34.8 Å². The number of likely N-dealkylation sites (N-methyl/N-ethyl adjacent to an activating group) is 1. The number of carbonyl (C=O) groups excluding carboxylic acids is 1. The number of rotatable bonds is 17. The van der Waals surface area contributed by atoms with Gasteiger partial charge < -0.3 is 67.7 Å². The quantitative estimate of drug-likeness (QED) is 0.0364. The highest BCUT2D eigenvalue weighted by Gasteiger charge is 2.30. The fourth-order valence-electron chi connectivity index (χ4n) is 10.6. The number of primary amides is 1. The van der Waals surface area contributed by atoms with Crippen LogP contribution >= 0.6 is 151 Å². The lowest BCUT2D eigenvalue weighted by Crippen LogP contribution is -2.19. The van der Waals surface area contributed by atoms with Crippen molar-refractivity contribution < 1.29 is 33.2 Å². The third-order valence-electron chi connectivity index (χ3n) is 15.1. The lowest BCUT2D eigenvalue weighted by molar-refractivity contribution is -0.118. The van der Waals surface area contributed by atoms with Crippen molar-refractivity contribution in [3.05, 3.63) is 115 Å². The second kappa shape index (κ2) is 37.2. The second-order valence-corrected chi connectivity index (χ2v) is 29.4. The molecule has 10 aromatic rings. The zero-order chi connectivity index (χ0) is 77.1. The molecule has 0 aliphatic carbocycles. The van der Waals surface area contributed by atoms with Crippen molar-refractivity contribution in [2.45, 2.75) is 60.9 Å². The Hall–Kier alpha value is -7.67. The molecule has 4 aliphatic heterocycles. The smallest absolute Gasteiger partial charge is 0.321 e. The molecule has 0 saturated carbocycles. The van der Waals surface area contributed by atoms with Gasteiger partial charge in [0.05, 0.1) is 83.8 Å². The molecule has 5 aromatic carbocycles. The zero-order valence-corrected chi connectivity index (χ0v) is 67.1. The highest BCUT2D eigenvalue weighted by atomic mass is 35.5. The molecule has 14 rings (SSSR count). The number of nitrogens with zero attached hydrogens (tertiary/aromatic N) is 16. The minimum Gasteiger partial charge on any atom is -0.491 e. The molecule has 12 N–H and O–H groups in total. The number of halogens is 10. The molecule has 0 unspecified atom stereocenters. The maximum atomic E-state index is 10.8. The third-order valence-corrected chi connectivity index (χ3v) is 20.1. The predicted molar refractivity (Wildman–Crippen MR) is 423 cm³/mol. The summed E-state index contributed by atoms with van der Waals surface area (Å²) < 4.78 is 32.8. The molecular formula is C65H62Cl10N22O7S3. The summed E-state index contributed by atoms with van der Waals surface area (Å²) in [4.78, 5) is 75.2. The van der Waals surface area contributed by atoms with E-state index in [1.165, 1.54) is 42.4 Å². The van der Waals surface area contributed by atoms with Crippen LogP contribution in [0.15, 0.2) is 51.9 Å². The van der Waals surface area contributed by atoms with E-state index in [1.54, 1.807) is 43.3 Å². The summed E-state index contributed by atoms with van der Waals surface area (Å²) in [7, 11) is 5.39. The van der Waals surface area contributed by atoms with Crippen LogP contribution in [0.4, 0.5) is 29.7 Å². The first-order valence-corrected chi connectivity index (χ1v) is 38.7. The summed E-state index contributed by atoms with van der Waals surface area (Å²) in [6, 6.07) is 9.96. The number of aromatic nitrogens is 15. The van der Waals surface area contributed by atoms with E-state index in [0.29, 0.717) is 223 Å². The van der Waals surface area contributed by atoms with Crippen LogP contribution in [0.25, 0.3) is 56.9 Å². The summed E-state index contributed by atoms with van der Waals surface area (Å²) in [5.41, 5.74) is 40.6. The van der Waals surface area contributed by atoms with Crippen molar-refractivity contribution >= 4 is 187 Å². The first kappa shape index (κ1) is 81.8. The van der Waals surface area contributed by atoms with Gasteiger partial charge in [0.2, 0.25) is 35.6 Å². The molecule has 0 fully saturated rings. The van der Waals surface area contributed by atoms with Gasteiger partial charge in [0.1, 0.15) is 41.2 Å². The highest BCUT2D eigenvalue weighted by molar-refractivity contribution is 7.99. The van der Waals surface area contributed by atoms with Crippen LogP contribution in [0.2, 0.25) is 50.2 Å². The zero-order valence-electron chi connectivity index (χ0n) is 57.1. The molecule has 1 amide bonds. The summed E-state index contributed by atoms with van der Waals surface area (Å²) in [5.74, 6) is 6.55. The molecule has 0 bridgehead atoms. The van der Waals surface area contributed by atoms with Crippen molar-refractivity contribution in [2.75, 3.05) is 108 Å². The number of aryl methyl sites for hydroxylation is 1. The summed E-state index contributed by atoms with van der Waals surface area (Å²) in [5, 5.41) is 6.16. The largest absolute Gasteiger partial charge is 0.491 e. The van der Waals surface area contributed by atoms with Gasteiger partial charge in [0.15, 0.2) is 44.6 Å². The van der Waals surface area contributed by atoms with Crippen molar-refractivity contribution in [3.8, 4) is 91.7 Å². The average Bonchev–Trinajstić information content (AvgIpc) is 1.73. The standard InChI is InChI=1S/C15H15Cl2N5O2S.C14H17Cl2N5OS.C12H10Cl2N4O2.C12H10Cl2N4OS.C12H10Cl2N4O/c16-8-6-9(17)12-7(3-4-24-12)11(8)13-20-14(19)22-15(21-13)25-5-1-2-10(18)23;1-21(2)4-5-22-11-6-8(9(15)7-10(11)16)12-18-13(17)20-14(19-12)23-3;1-19-12-17-10(16-11(15)18-12)8-5-2-3-20-9(5)7(14)4-6(8)13;1-20-12-17-10(16-11(15)18-12)8-5-2-3-19-9(5)7(14)4-6(8)13;1-5-16-11(18-12(15)17-5)9-6-2-3-19-10(6)8(14)4-7(9)13/h6H,1-5H2,(H2,18,23)(H2,19,20,21,22);6-7H,4-5H2,1-3H3,(H2,17,18,19,20);2*4H,2-3H2,1H3,(H2,15,16,17,18);4H,2-3H2,1H3,(H2,15,16,17,18). The molecule has 0 radical (unpaired) electrons. The molecule has 29 nitrogen and oxygen atoms in total. The van der Waals surface area contributed by atoms with Crippen LogP contribution in [-0.2, 0) is 30.5 Å². The fraction of sp³-hybridized carbons (Fsp3) is 0.292. The Morgan fingerprint density at radius 2 is 0.822 bits per heavy atom. The second-order valence-electron chi connectivity index (χ2n) is 22.7. The van der Waals surface area contributed by atoms with E-state index in [9.17, 15) is 4.79 Å². The monoisotopic (exact) mass is 1710 g/mol. The summed E-state index contributed by atoms with van der Waals surface area (Å²) in [6.07, 6.45) is 7.45. The number of hydrogen-bond acceptors (Lipinski definition) is 31. The van der Waals surface area contributed by atoms with E-state index in [2.05, 4.69) is 74.8 Å². The molecule has 562 valence electrons. The lowest BCUT2D eigenvalue weighted by atomic mass is 10.0. The number of nitrogens with two attached hydrogens (primary N) is 6. The van der Waals surface area contributed by atoms with Gasteiger partial charge in [-0.1, -0.05) is 151 Å². The Morgan fingerprint density at radius 3 is 1.22 bits per heavy atom.